The number of halogens is 2. The largest absolute Gasteiger partial charge is 0.207 e. The lowest BCUT2D eigenvalue weighted by Gasteiger charge is -1.95. The Labute approximate surface area is 91.4 Å². The van der Waals surface area contributed by atoms with E-state index in [2.05, 4.69) is 28.6 Å². The molecule has 70 valence electrons. The highest BCUT2D eigenvalue weighted by atomic mass is 79.9. The number of rotatable bonds is 3. The van der Waals surface area contributed by atoms with Crippen LogP contribution >= 0.6 is 28.6 Å². The van der Waals surface area contributed by atoms with Crippen molar-refractivity contribution < 1.29 is 4.39 Å². The fourth-order valence-corrected chi connectivity index (χ4v) is 1.60. The maximum Gasteiger partial charge on any atom is 0.124 e. The number of thiol groups is 1. The normalized spacial score (nSPS) is 11.0. The monoisotopic (exact) mass is 260 g/mol. The van der Waals surface area contributed by atoms with Crippen LogP contribution in [0.25, 0.3) is 6.08 Å². The van der Waals surface area contributed by atoms with Gasteiger partial charge in [-0.25, -0.2) is 4.39 Å². The van der Waals surface area contributed by atoms with Crippen molar-refractivity contribution in [3.63, 3.8) is 0 Å². The molecule has 0 nitrogen and oxygen atoms in total. The average molecular weight is 261 g/mol. The van der Waals surface area contributed by atoms with Gasteiger partial charge in [0.1, 0.15) is 5.82 Å². The van der Waals surface area contributed by atoms with Crippen LogP contribution in [0.5, 0.6) is 0 Å². The van der Waals surface area contributed by atoms with Gasteiger partial charge < -0.3 is 0 Å². The SMILES string of the molecule is Fc1cc(Br)cc(C=CCCS)c1. The third-order valence-electron chi connectivity index (χ3n) is 1.49. The van der Waals surface area contributed by atoms with Gasteiger partial charge in [0.2, 0.25) is 0 Å². The first kappa shape index (κ1) is 10.8. The summed E-state index contributed by atoms with van der Waals surface area (Å²) >= 11 is 7.31. The molecule has 0 radical (unpaired) electrons. The van der Waals surface area contributed by atoms with Gasteiger partial charge in [-0.3, -0.25) is 0 Å². The standard InChI is InChI=1S/C10H10BrFS/c11-9-5-8(3-1-2-4-13)6-10(12)7-9/h1,3,5-7,13H,2,4H2. The molecule has 0 N–H and O–H groups in total. The lowest BCUT2D eigenvalue weighted by Crippen LogP contribution is -1.78. The third-order valence-corrected chi connectivity index (χ3v) is 2.21. The van der Waals surface area contributed by atoms with E-state index in [1.807, 2.05) is 18.2 Å². The second-order valence-corrected chi connectivity index (χ2v) is 3.98. The van der Waals surface area contributed by atoms with Crippen LogP contribution < -0.4 is 0 Å². The molecule has 3 heteroatoms. The summed E-state index contributed by atoms with van der Waals surface area (Å²) in [4.78, 5) is 0. The molecule has 0 atom stereocenters. The van der Waals surface area contributed by atoms with Crippen molar-refractivity contribution in [1.29, 1.82) is 0 Å². The van der Waals surface area contributed by atoms with Gasteiger partial charge in [0, 0.05) is 4.47 Å². The van der Waals surface area contributed by atoms with E-state index in [0.29, 0.717) is 0 Å². The molecule has 0 fully saturated rings. The molecule has 0 aliphatic rings. The minimum atomic E-state index is -0.222. The Kier molecular flexibility index (Phi) is 4.53. The quantitative estimate of drug-likeness (QED) is 0.783. The molecule has 0 saturated carbocycles. The van der Waals surface area contributed by atoms with Crippen LogP contribution in [0.1, 0.15) is 12.0 Å². The highest BCUT2D eigenvalue weighted by Crippen LogP contribution is 2.15. The van der Waals surface area contributed by atoms with Crippen LogP contribution in [0.3, 0.4) is 0 Å². The zero-order chi connectivity index (χ0) is 9.68. The molecule has 0 amide bonds. The molecule has 0 aromatic heterocycles. The summed E-state index contributed by atoms with van der Waals surface area (Å²) in [5.41, 5.74) is 0.869. The Bertz CT molecular complexity index is 290. The maximum atomic E-state index is 12.9. The zero-order valence-electron chi connectivity index (χ0n) is 7.00. The van der Waals surface area contributed by atoms with Gasteiger partial charge in [0.15, 0.2) is 0 Å². The van der Waals surface area contributed by atoms with E-state index in [1.54, 1.807) is 0 Å². The molecule has 0 heterocycles. The molecule has 0 saturated heterocycles. The molecule has 0 bridgehead atoms. The van der Waals surface area contributed by atoms with E-state index in [4.69, 9.17) is 0 Å². The van der Waals surface area contributed by atoms with E-state index in [1.165, 1.54) is 12.1 Å². The maximum absolute atomic E-state index is 12.9. The summed E-state index contributed by atoms with van der Waals surface area (Å²) in [7, 11) is 0. The van der Waals surface area contributed by atoms with Gasteiger partial charge in [0.25, 0.3) is 0 Å². The summed E-state index contributed by atoms with van der Waals surface area (Å²) in [6.07, 6.45) is 4.77. The van der Waals surface area contributed by atoms with Crippen molar-refractivity contribution in [3.8, 4) is 0 Å². The van der Waals surface area contributed by atoms with Crippen LogP contribution in [-0.2, 0) is 0 Å². The predicted octanol–water partition coefficient (Wildman–Crippen LogP) is 3.92. The smallest absolute Gasteiger partial charge is 0.124 e. The van der Waals surface area contributed by atoms with Gasteiger partial charge in [-0.2, -0.15) is 12.6 Å². The van der Waals surface area contributed by atoms with Crippen molar-refractivity contribution in [3.05, 3.63) is 40.1 Å². The first-order chi connectivity index (χ1) is 6.22. The Hall–Kier alpha value is -0.280. The first-order valence-corrected chi connectivity index (χ1v) is 5.38. The number of benzene rings is 1. The molecule has 1 aromatic rings. The summed E-state index contributed by atoms with van der Waals surface area (Å²) in [6.45, 7) is 0. The van der Waals surface area contributed by atoms with E-state index in [9.17, 15) is 4.39 Å². The van der Waals surface area contributed by atoms with Gasteiger partial charge in [-0.1, -0.05) is 28.1 Å². The Balaban J connectivity index is 2.77. The van der Waals surface area contributed by atoms with Crippen molar-refractivity contribution in [2.75, 3.05) is 5.75 Å². The van der Waals surface area contributed by atoms with Crippen LogP contribution in [-0.4, -0.2) is 5.75 Å². The van der Waals surface area contributed by atoms with Gasteiger partial charge in [-0.05, 0) is 35.9 Å². The van der Waals surface area contributed by atoms with Crippen molar-refractivity contribution >= 4 is 34.6 Å². The van der Waals surface area contributed by atoms with E-state index < -0.39 is 0 Å². The molecule has 0 aliphatic carbocycles. The molecular formula is C10H10BrFS. The fourth-order valence-electron chi connectivity index (χ4n) is 0.965. The molecule has 13 heavy (non-hydrogen) atoms. The molecular weight excluding hydrogens is 251 g/mol. The Morgan fingerprint density at radius 2 is 2.15 bits per heavy atom. The van der Waals surface area contributed by atoms with Gasteiger partial charge in [0.05, 0.1) is 0 Å². The van der Waals surface area contributed by atoms with Crippen molar-refractivity contribution in [1.82, 2.24) is 0 Å². The fraction of sp³-hybridized carbons (Fsp3) is 0.200. The van der Waals surface area contributed by atoms with Crippen LogP contribution in [0.4, 0.5) is 4.39 Å². The lowest BCUT2D eigenvalue weighted by atomic mass is 10.2. The highest BCUT2D eigenvalue weighted by Gasteiger charge is 1.94. The molecule has 1 aromatic carbocycles. The molecule has 1 rings (SSSR count). The summed E-state index contributed by atoms with van der Waals surface area (Å²) in [5.74, 6) is 0.590. The topological polar surface area (TPSA) is 0 Å². The van der Waals surface area contributed by atoms with E-state index in [-0.39, 0.29) is 5.82 Å². The number of hydrogen-bond acceptors (Lipinski definition) is 1. The second-order valence-electron chi connectivity index (χ2n) is 2.62. The zero-order valence-corrected chi connectivity index (χ0v) is 9.48. The molecule has 0 aliphatic heterocycles. The van der Waals surface area contributed by atoms with Crippen molar-refractivity contribution in [2.24, 2.45) is 0 Å². The number of allylic oxidation sites excluding steroid dienone is 1. The predicted molar refractivity (Wildman–Crippen MR) is 61.6 cm³/mol. The number of hydrogen-bond donors (Lipinski definition) is 1. The molecule has 0 unspecified atom stereocenters. The minimum absolute atomic E-state index is 0.222. The Morgan fingerprint density at radius 1 is 1.38 bits per heavy atom. The Morgan fingerprint density at radius 3 is 2.77 bits per heavy atom. The van der Waals surface area contributed by atoms with Gasteiger partial charge in [-0.15, -0.1) is 0 Å². The molecule has 0 spiro atoms. The third kappa shape index (κ3) is 3.96. The van der Waals surface area contributed by atoms with Crippen LogP contribution in [0.2, 0.25) is 0 Å². The first-order valence-electron chi connectivity index (χ1n) is 3.96. The van der Waals surface area contributed by atoms with Crippen molar-refractivity contribution in [2.45, 2.75) is 6.42 Å². The van der Waals surface area contributed by atoms with Crippen LogP contribution in [0.15, 0.2) is 28.7 Å². The minimum Gasteiger partial charge on any atom is -0.207 e. The highest BCUT2D eigenvalue weighted by molar-refractivity contribution is 9.10. The van der Waals surface area contributed by atoms with E-state index >= 15 is 0 Å². The van der Waals surface area contributed by atoms with Crippen LogP contribution in [0, 0.1) is 5.82 Å². The van der Waals surface area contributed by atoms with Gasteiger partial charge >= 0.3 is 0 Å². The van der Waals surface area contributed by atoms with E-state index in [0.717, 1.165) is 22.2 Å². The summed E-state index contributed by atoms with van der Waals surface area (Å²) in [6, 6.07) is 4.81. The average Bonchev–Trinajstić information content (AvgIpc) is 2.03. The second kappa shape index (κ2) is 5.45. The lowest BCUT2D eigenvalue weighted by molar-refractivity contribution is 0.626. The summed E-state index contributed by atoms with van der Waals surface area (Å²) < 4.78 is 13.6. The summed E-state index contributed by atoms with van der Waals surface area (Å²) in [5, 5.41) is 0.